The highest BCUT2D eigenvalue weighted by Gasteiger charge is 2.18. The third kappa shape index (κ3) is 1.07. The summed E-state index contributed by atoms with van der Waals surface area (Å²) in [6, 6.07) is 8.19. The molecule has 2 atom stereocenters. The number of aliphatic hydroxyl groups is 1. The summed E-state index contributed by atoms with van der Waals surface area (Å²) in [5, 5.41) is 9.54. The monoisotopic (exact) mass is 160 g/mol. The van der Waals surface area contributed by atoms with Crippen LogP contribution in [0.25, 0.3) is 6.08 Å². The summed E-state index contributed by atoms with van der Waals surface area (Å²) < 4.78 is 0. The molecule has 2 rings (SSSR count). The van der Waals surface area contributed by atoms with Crippen molar-refractivity contribution in [3.8, 4) is 0 Å². The lowest BCUT2D eigenvalue weighted by molar-refractivity contribution is 0.196. The predicted molar refractivity (Wildman–Crippen MR) is 49.9 cm³/mol. The third-order valence-corrected chi connectivity index (χ3v) is 2.47. The molecule has 1 aromatic rings. The molecule has 0 spiro atoms. The van der Waals surface area contributed by atoms with Gasteiger partial charge in [-0.1, -0.05) is 43.3 Å². The van der Waals surface area contributed by atoms with Gasteiger partial charge in [0.1, 0.15) is 0 Å². The van der Waals surface area contributed by atoms with Crippen molar-refractivity contribution in [2.75, 3.05) is 0 Å². The first-order valence-electron chi connectivity index (χ1n) is 4.24. The minimum atomic E-state index is -0.320. The highest BCUT2D eigenvalue weighted by atomic mass is 16.3. The quantitative estimate of drug-likeness (QED) is 0.616. The highest BCUT2D eigenvalue weighted by Crippen LogP contribution is 2.28. The average molecular weight is 160 g/mol. The first-order chi connectivity index (χ1) is 5.79. The zero-order chi connectivity index (χ0) is 8.55. The molecule has 0 bridgehead atoms. The van der Waals surface area contributed by atoms with E-state index in [-0.39, 0.29) is 12.0 Å². The molecular weight excluding hydrogens is 148 g/mol. The van der Waals surface area contributed by atoms with E-state index in [4.69, 9.17) is 0 Å². The fourth-order valence-electron chi connectivity index (χ4n) is 1.63. The van der Waals surface area contributed by atoms with Gasteiger partial charge >= 0.3 is 0 Å². The molecular formula is C11H12O. The molecule has 1 aliphatic rings. The second kappa shape index (κ2) is 2.76. The fourth-order valence-corrected chi connectivity index (χ4v) is 1.63. The van der Waals surface area contributed by atoms with E-state index in [2.05, 4.69) is 12.1 Å². The Bertz CT molecular complexity index is 315. The smallest absolute Gasteiger partial charge is 0.0790 e. The van der Waals surface area contributed by atoms with Gasteiger partial charge in [0.05, 0.1) is 6.10 Å². The molecule has 0 saturated heterocycles. The summed E-state index contributed by atoms with van der Waals surface area (Å²) in [5.74, 6) is 0.228. The van der Waals surface area contributed by atoms with Crippen LogP contribution in [0.15, 0.2) is 30.3 Å². The first kappa shape index (κ1) is 7.56. The van der Waals surface area contributed by atoms with Crippen LogP contribution in [-0.2, 0) is 0 Å². The van der Waals surface area contributed by atoms with Gasteiger partial charge in [-0.25, -0.2) is 0 Å². The number of hydrogen-bond acceptors (Lipinski definition) is 1. The molecule has 0 amide bonds. The Morgan fingerprint density at radius 2 is 2.00 bits per heavy atom. The van der Waals surface area contributed by atoms with Crippen molar-refractivity contribution in [3.63, 3.8) is 0 Å². The van der Waals surface area contributed by atoms with E-state index < -0.39 is 0 Å². The molecule has 1 nitrogen and oxygen atoms in total. The summed E-state index contributed by atoms with van der Waals surface area (Å²) in [7, 11) is 0. The van der Waals surface area contributed by atoms with Crippen LogP contribution in [0.5, 0.6) is 0 Å². The zero-order valence-electron chi connectivity index (χ0n) is 7.07. The highest BCUT2D eigenvalue weighted by molar-refractivity contribution is 5.58. The molecule has 0 aliphatic heterocycles. The van der Waals surface area contributed by atoms with Gasteiger partial charge < -0.3 is 5.11 Å². The summed E-state index contributed by atoms with van der Waals surface area (Å²) in [5.41, 5.74) is 2.47. The second-order valence-corrected chi connectivity index (χ2v) is 3.27. The number of rotatable bonds is 0. The van der Waals surface area contributed by atoms with Crippen LogP contribution >= 0.6 is 0 Å². The lowest BCUT2D eigenvalue weighted by atomic mass is 9.87. The maximum absolute atomic E-state index is 9.54. The van der Waals surface area contributed by atoms with Crippen LogP contribution in [0.3, 0.4) is 0 Å². The van der Waals surface area contributed by atoms with Crippen molar-refractivity contribution in [2.45, 2.75) is 18.9 Å². The van der Waals surface area contributed by atoms with E-state index in [1.54, 1.807) is 0 Å². The lowest BCUT2D eigenvalue weighted by Crippen LogP contribution is -2.16. The number of aliphatic hydroxyl groups excluding tert-OH is 1. The minimum absolute atomic E-state index is 0.228. The van der Waals surface area contributed by atoms with Gasteiger partial charge in [-0.3, -0.25) is 0 Å². The molecule has 0 radical (unpaired) electrons. The maximum Gasteiger partial charge on any atom is 0.0790 e. The van der Waals surface area contributed by atoms with E-state index in [1.807, 2.05) is 31.2 Å². The molecule has 0 saturated carbocycles. The Balaban J connectivity index is 2.52. The Labute approximate surface area is 72.4 Å². The summed E-state index contributed by atoms with van der Waals surface area (Å²) in [6.45, 7) is 2.05. The first-order valence-corrected chi connectivity index (χ1v) is 4.24. The summed E-state index contributed by atoms with van der Waals surface area (Å²) >= 11 is 0. The van der Waals surface area contributed by atoms with E-state index in [1.165, 1.54) is 11.1 Å². The van der Waals surface area contributed by atoms with E-state index in [0.717, 1.165) is 0 Å². The molecule has 1 N–H and O–H groups in total. The number of hydrogen-bond donors (Lipinski definition) is 1. The minimum Gasteiger partial charge on any atom is -0.388 e. The van der Waals surface area contributed by atoms with Crippen molar-refractivity contribution >= 4 is 6.08 Å². The zero-order valence-corrected chi connectivity index (χ0v) is 7.07. The Kier molecular flexibility index (Phi) is 1.74. The van der Waals surface area contributed by atoms with Crippen LogP contribution in [-0.4, -0.2) is 11.2 Å². The molecule has 0 fully saturated rings. The van der Waals surface area contributed by atoms with Gasteiger partial charge in [-0.15, -0.1) is 0 Å². The van der Waals surface area contributed by atoms with E-state index >= 15 is 0 Å². The molecule has 0 heterocycles. The van der Waals surface area contributed by atoms with Crippen molar-refractivity contribution in [1.29, 1.82) is 0 Å². The maximum atomic E-state index is 9.54. The second-order valence-electron chi connectivity index (χ2n) is 3.27. The average Bonchev–Trinajstić information content (AvgIpc) is 2.12. The lowest BCUT2D eigenvalue weighted by Gasteiger charge is -2.22. The largest absolute Gasteiger partial charge is 0.388 e. The number of benzene rings is 1. The summed E-state index contributed by atoms with van der Waals surface area (Å²) in [6.07, 6.45) is 3.52. The van der Waals surface area contributed by atoms with Crippen molar-refractivity contribution < 1.29 is 5.11 Å². The van der Waals surface area contributed by atoms with Crippen LogP contribution in [0.1, 0.15) is 24.0 Å². The van der Waals surface area contributed by atoms with Crippen LogP contribution in [0.2, 0.25) is 0 Å². The molecule has 1 heteroatoms. The van der Waals surface area contributed by atoms with Crippen molar-refractivity contribution in [3.05, 3.63) is 41.5 Å². The van der Waals surface area contributed by atoms with Gasteiger partial charge in [0.15, 0.2) is 0 Å². The van der Waals surface area contributed by atoms with Gasteiger partial charge in [-0.05, 0) is 11.1 Å². The fraction of sp³-hybridized carbons (Fsp3) is 0.273. The van der Waals surface area contributed by atoms with Gasteiger partial charge in [-0.2, -0.15) is 0 Å². The molecule has 12 heavy (non-hydrogen) atoms. The molecule has 0 aromatic heterocycles. The molecule has 1 aromatic carbocycles. The number of fused-ring (bicyclic) bond motifs is 1. The van der Waals surface area contributed by atoms with Crippen LogP contribution < -0.4 is 0 Å². The Morgan fingerprint density at radius 1 is 1.25 bits per heavy atom. The van der Waals surface area contributed by atoms with E-state index in [0.29, 0.717) is 0 Å². The SMILES string of the molecule is C[C@H]1c2ccccc2C=C[C@@H]1O. The Hall–Kier alpha value is -1.08. The normalized spacial score (nSPS) is 26.8. The van der Waals surface area contributed by atoms with Crippen LogP contribution in [0, 0.1) is 0 Å². The predicted octanol–water partition coefficient (Wildman–Crippen LogP) is 2.18. The Morgan fingerprint density at radius 3 is 2.83 bits per heavy atom. The van der Waals surface area contributed by atoms with Crippen molar-refractivity contribution in [2.24, 2.45) is 0 Å². The topological polar surface area (TPSA) is 20.2 Å². The molecule has 1 aliphatic carbocycles. The van der Waals surface area contributed by atoms with Gasteiger partial charge in [0.25, 0.3) is 0 Å². The van der Waals surface area contributed by atoms with Crippen molar-refractivity contribution in [1.82, 2.24) is 0 Å². The molecule has 0 unspecified atom stereocenters. The standard InChI is InChI=1S/C11H12O/c1-8-10-5-3-2-4-9(10)6-7-11(8)12/h2-8,11-12H,1H3/t8-,11-/m0/s1. The third-order valence-electron chi connectivity index (χ3n) is 2.47. The summed E-state index contributed by atoms with van der Waals surface area (Å²) in [4.78, 5) is 0. The van der Waals surface area contributed by atoms with Gasteiger partial charge in [0, 0.05) is 5.92 Å². The molecule has 62 valence electrons. The van der Waals surface area contributed by atoms with Gasteiger partial charge in [0.2, 0.25) is 0 Å². The van der Waals surface area contributed by atoms with E-state index in [9.17, 15) is 5.11 Å². The van der Waals surface area contributed by atoms with Crippen LogP contribution in [0.4, 0.5) is 0 Å².